The number of hydrogen-bond donors (Lipinski definition) is 3. The highest BCUT2D eigenvalue weighted by molar-refractivity contribution is 5.58. The zero-order valence-electron chi connectivity index (χ0n) is 9.79. The molecule has 0 atom stereocenters. The summed E-state index contributed by atoms with van der Waals surface area (Å²) in [6.07, 6.45) is 1.35. The van der Waals surface area contributed by atoms with Crippen LogP contribution in [0.3, 0.4) is 0 Å². The van der Waals surface area contributed by atoms with Crippen molar-refractivity contribution < 1.29 is 0 Å². The Balaban J connectivity index is 2.49. The molecular weight excluding hydrogens is 206 g/mol. The second kappa shape index (κ2) is 6.12. The van der Waals surface area contributed by atoms with Crippen LogP contribution in [0, 0.1) is 0 Å². The monoisotopic (exact) mass is 225 g/mol. The summed E-state index contributed by atoms with van der Waals surface area (Å²) >= 11 is 0. The van der Waals surface area contributed by atoms with E-state index in [0.29, 0.717) is 5.82 Å². The Morgan fingerprint density at radius 2 is 2.19 bits per heavy atom. The number of aromatic nitrogens is 2. The molecule has 0 aliphatic rings. The first-order valence-corrected chi connectivity index (χ1v) is 5.48. The fraction of sp³-hybridized carbons (Fsp3) is 0.600. The Morgan fingerprint density at radius 1 is 1.50 bits per heavy atom. The van der Waals surface area contributed by atoms with Crippen LogP contribution >= 0.6 is 0 Å². The molecule has 0 unspecified atom stereocenters. The number of aromatic amines is 1. The Kier molecular flexibility index (Phi) is 4.78. The van der Waals surface area contributed by atoms with Gasteiger partial charge in [-0.05, 0) is 13.1 Å². The third-order valence-electron chi connectivity index (χ3n) is 2.50. The van der Waals surface area contributed by atoms with Gasteiger partial charge in [0.25, 0.3) is 5.56 Å². The predicted octanol–water partition coefficient (Wildman–Crippen LogP) is 0.106. The largest absolute Gasteiger partial charge is 0.391 e. The molecule has 0 radical (unpaired) electrons. The van der Waals surface area contributed by atoms with Crippen LogP contribution in [0.5, 0.6) is 0 Å². The van der Waals surface area contributed by atoms with Gasteiger partial charge in [0.1, 0.15) is 5.69 Å². The molecule has 0 aliphatic heterocycles. The molecule has 1 aromatic rings. The minimum absolute atomic E-state index is 0.141. The lowest BCUT2D eigenvalue weighted by Crippen LogP contribution is -2.29. The third-order valence-corrected chi connectivity index (χ3v) is 2.50. The van der Waals surface area contributed by atoms with Crippen molar-refractivity contribution in [3.63, 3.8) is 0 Å². The van der Waals surface area contributed by atoms with Crippen LogP contribution in [0.4, 0.5) is 11.5 Å². The second-order valence-electron chi connectivity index (χ2n) is 3.45. The number of nitrogen functional groups attached to an aromatic ring is 1. The first-order chi connectivity index (χ1) is 7.69. The lowest BCUT2D eigenvalue weighted by Gasteiger charge is -2.18. The van der Waals surface area contributed by atoms with Crippen molar-refractivity contribution in [1.29, 1.82) is 0 Å². The smallest absolute Gasteiger partial charge is 0.276 e. The summed E-state index contributed by atoms with van der Waals surface area (Å²) in [4.78, 5) is 19.8. The number of nitrogens with two attached hydrogens (primary N) is 1. The number of nitrogens with zero attached hydrogens (tertiary/aromatic N) is 2. The number of H-pyrrole nitrogens is 1. The van der Waals surface area contributed by atoms with E-state index < -0.39 is 0 Å². The highest BCUT2D eigenvalue weighted by Gasteiger charge is 2.04. The number of hydrogen-bond acceptors (Lipinski definition) is 5. The highest BCUT2D eigenvalue weighted by atomic mass is 16.1. The molecule has 0 saturated carbocycles. The molecule has 1 aromatic heterocycles. The van der Waals surface area contributed by atoms with Crippen molar-refractivity contribution in [2.75, 3.05) is 37.2 Å². The molecule has 4 N–H and O–H groups in total. The lowest BCUT2D eigenvalue weighted by molar-refractivity contribution is 0.316. The summed E-state index contributed by atoms with van der Waals surface area (Å²) in [6, 6.07) is 0. The summed E-state index contributed by atoms with van der Waals surface area (Å²) in [7, 11) is 0. The number of rotatable bonds is 6. The molecule has 0 fully saturated rings. The van der Waals surface area contributed by atoms with Crippen LogP contribution in [-0.2, 0) is 0 Å². The zero-order chi connectivity index (χ0) is 12.0. The standard InChI is InChI=1S/C10H19N5O/c1-3-15(4-2)6-5-12-9-8(11)10(16)14-7-13-9/h7H,3-6,11H2,1-2H3,(H2,12,13,14,16). The van der Waals surface area contributed by atoms with E-state index in [0.717, 1.165) is 26.2 Å². The molecule has 0 saturated heterocycles. The summed E-state index contributed by atoms with van der Waals surface area (Å²) < 4.78 is 0. The molecule has 0 spiro atoms. The van der Waals surface area contributed by atoms with Crippen LogP contribution in [0.1, 0.15) is 13.8 Å². The van der Waals surface area contributed by atoms with E-state index in [2.05, 4.69) is 34.0 Å². The molecular formula is C10H19N5O. The van der Waals surface area contributed by atoms with Crippen molar-refractivity contribution in [3.05, 3.63) is 16.7 Å². The fourth-order valence-electron chi connectivity index (χ4n) is 1.42. The topological polar surface area (TPSA) is 87.0 Å². The quantitative estimate of drug-likeness (QED) is 0.639. The molecule has 90 valence electrons. The van der Waals surface area contributed by atoms with E-state index in [1.165, 1.54) is 6.33 Å². The van der Waals surface area contributed by atoms with Crippen molar-refractivity contribution in [1.82, 2.24) is 14.9 Å². The average molecular weight is 225 g/mol. The van der Waals surface area contributed by atoms with Gasteiger partial charge in [-0.2, -0.15) is 0 Å². The van der Waals surface area contributed by atoms with Crippen molar-refractivity contribution >= 4 is 11.5 Å². The van der Waals surface area contributed by atoms with Gasteiger partial charge < -0.3 is 20.9 Å². The molecule has 6 nitrogen and oxygen atoms in total. The SMILES string of the molecule is CCN(CC)CCNc1nc[nH]c(=O)c1N. The minimum Gasteiger partial charge on any atom is -0.391 e. The van der Waals surface area contributed by atoms with E-state index in [1.807, 2.05) is 0 Å². The summed E-state index contributed by atoms with van der Waals surface area (Å²) in [5.41, 5.74) is 5.42. The van der Waals surface area contributed by atoms with Gasteiger partial charge in [-0.15, -0.1) is 0 Å². The fourth-order valence-corrected chi connectivity index (χ4v) is 1.42. The molecule has 16 heavy (non-hydrogen) atoms. The Hall–Kier alpha value is -1.56. The zero-order valence-corrected chi connectivity index (χ0v) is 9.79. The normalized spacial score (nSPS) is 10.7. The minimum atomic E-state index is -0.305. The van der Waals surface area contributed by atoms with Crippen molar-refractivity contribution in [2.24, 2.45) is 0 Å². The first-order valence-electron chi connectivity index (χ1n) is 5.48. The molecule has 0 amide bonds. The van der Waals surface area contributed by atoms with E-state index in [9.17, 15) is 4.79 Å². The Bertz CT molecular complexity index is 372. The van der Waals surface area contributed by atoms with Crippen LogP contribution in [0.15, 0.2) is 11.1 Å². The Morgan fingerprint density at radius 3 is 2.81 bits per heavy atom. The number of nitrogens with one attached hydrogen (secondary N) is 2. The summed E-state index contributed by atoms with van der Waals surface area (Å²) in [5.74, 6) is 0.455. The van der Waals surface area contributed by atoms with E-state index >= 15 is 0 Å². The number of likely N-dealkylation sites (N-methyl/N-ethyl adjacent to an activating group) is 1. The van der Waals surface area contributed by atoms with Crippen LogP contribution < -0.4 is 16.6 Å². The lowest BCUT2D eigenvalue weighted by atomic mass is 10.4. The van der Waals surface area contributed by atoms with Crippen LogP contribution in [-0.4, -0.2) is 41.0 Å². The molecule has 1 rings (SSSR count). The van der Waals surface area contributed by atoms with Crippen molar-refractivity contribution in [3.8, 4) is 0 Å². The first kappa shape index (κ1) is 12.5. The van der Waals surface area contributed by atoms with E-state index in [4.69, 9.17) is 5.73 Å². The second-order valence-corrected chi connectivity index (χ2v) is 3.45. The Labute approximate surface area is 94.9 Å². The van der Waals surface area contributed by atoms with Crippen LogP contribution in [0.25, 0.3) is 0 Å². The molecule has 0 bridgehead atoms. The van der Waals surface area contributed by atoms with Crippen LogP contribution in [0.2, 0.25) is 0 Å². The van der Waals surface area contributed by atoms with E-state index in [1.54, 1.807) is 0 Å². The van der Waals surface area contributed by atoms with Gasteiger partial charge in [-0.3, -0.25) is 4.79 Å². The maximum Gasteiger partial charge on any atom is 0.276 e. The van der Waals surface area contributed by atoms with Gasteiger partial charge in [0.15, 0.2) is 5.82 Å². The predicted molar refractivity (Wildman–Crippen MR) is 65.5 cm³/mol. The van der Waals surface area contributed by atoms with E-state index in [-0.39, 0.29) is 11.2 Å². The molecule has 0 aliphatic carbocycles. The highest BCUT2D eigenvalue weighted by Crippen LogP contribution is 2.06. The van der Waals surface area contributed by atoms with Crippen molar-refractivity contribution in [2.45, 2.75) is 13.8 Å². The van der Waals surface area contributed by atoms with Gasteiger partial charge >= 0.3 is 0 Å². The molecule has 6 heteroatoms. The molecule has 1 heterocycles. The maximum absolute atomic E-state index is 11.2. The third kappa shape index (κ3) is 3.23. The summed E-state index contributed by atoms with van der Waals surface area (Å²) in [6.45, 7) is 7.88. The summed E-state index contributed by atoms with van der Waals surface area (Å²) in [5, 5.41) is 3.06. The molecule has 0 aromatic carbocycles. The average Bonchev–Trinajstić information content (AvgIpc) is 2.30. The maximum atomic E-state index is 11.2. The van der Waals surface area contributed by atoms with Gasteiger partial charge in [0, 0.05) is 13.1 Å². The number of anilines is 2. The van der Waals surface area contributed by atoms with Gasteiger partial charge in [-0.25, -0.2) is 4.98 Å². The van der Waals surface area contributed by atoms with Gasteiger partial charge in [0.05, 0.1) is 6.33 Å². The van der Waals surface area contributed by atoms with Gasteiger partial charge in [0.2, 0.25) is 0 Å². The van der Waals surface area contributed by atoms with Gasteiger partial charge in [-0.1, -0.05) is 13.8 Å².